The van der Waals surface area contributed by atoms with Crippen molar-refractivity contribution in [1.82, 2.24) is 4.90 Å². The lowest BCUT2D eigenvalue weighted by Gasteiger charge is -2.35. The molecular formula is C11H16N2O4. The molecule has 3 N–H and O–H groups in total. The average Bonchev–Trinajstić information content (AvgIpc) is 2.28. The normalized spacial score (nSPS) is 18.1. The summed E-state index contributed by atoms with van der Waals surface area (Å²) in [6.07, 6.45) is 5.88. The minimum atomic E-state index is -1.11. The minimum absolute atomic E-state index is 0.0507. The summed E-state index contributed by atoms with van der Waals surface area (Å²) >= 11 is 0. The molecule has 1 aliphatic heterocycles. The standard InChI is InChI=1S/C11H16N2O4/c1-2-5-13(8-9(14)15)10(16)11(12)3-6-17-7-4-11/h1H,3-8,12H2,(H,14,15). The maximum atomic E-state index is 12.1. The predicted octanol–water partition coefficient (Wildman–Crippen LogP) is -0.959. The summed E-state index contributed by atoms with van der Waals surface area (Å²) in [5.74, 6) is 0.743. The molecule has 0 saturated carbocycles. The number of hydrogen-bond donors (Lipinski definition) is 2. The zero-order chi connectivity index (χ0) is 12.9. The third kappa shape index (κ3) is 3.44. The molecule has 0 radical (unpaired) electrons. The van der Waals surface area contributed by atoms with Crippen molar-refractivity contribution in [3.8, 4) is 12.3 Å². The number of ether oxygens (including phenoxy) is 1. The number of carbonyl (C=O) groups excluding carboxylic acids is 1. The number of nitrogens with two attached hydrogens (primary N) is 1. The fraction of sp³-hybridized carbons (Fsp3) is 0.636. The van der Waals surface area contributed by atoms with Gasteiger partial charge in [0.2, 0.25) is 5.91 Å². The zero-order valence-electron chi connectivity index (χ0n) is 9.52. The van der Waals surface area contributed by atoms with Crippen LogP contribution in [0.1, 0.15) is 12.8 Å². The number of rotatable bonds is 4. The second kappa shape index (κ2) is 5.66. The second-order valence-corrected chi connectivity index (χ2v) is 4.03. The Morgan fingerprint density at radius 1 is 1.47 bits per heavy atom. The van der Waals surface area contributed by atoms with Crippen LogP contribution in [0.4, 0.5) is 0 Å². The topological polar surface area (TPSA) is 92.9 Å². The highest BCUT2D eigenvalue weighted by atomic mass is 16.5. The molecule has 0 aromatic carbocycles. The molecule has 1 saturated heterocycles. The Morgan fingerprint density at radius 3 is 2.53 bits per heavy atom. The van der Waals surface area contributed by atoms with Crippen LogP contribution in [0.25, 0.3) is 0 Å². The van der Waals surface area contributed by atoms with Crippen LogP contribution in [-0.2, 0) is 14.3 Å². The first-order valence-electron chi connectivity index (χ1n) is 5.31. The van der Waals surface area contributed by atoms with Crippen molar-refractivity contribution in [2.75, 3.05) is 26.3 Å². The summed E-state index contributed by atoms with van der Waals surface area (Å²) in [7, 11) is 0. The van der Waals surface area contributed by atoms with E-state index in [-0.39, 0.29) is 6.54 Å². The van der Waals surface area contributed by atoms with E-state index < -0.39 is 24.0 Å². The average molecular weight is 240 g/mol. The molecule has 94 valence electrons. The first kappa shape index (κ1) is 13.5. The molecule has 0 spiro atoms. The Balaban J connectivity index is 2.75. The highest BCUT2D eigenvalue weighted by Gasteiger charge is 2.39. The van der Waals surface area contributed by atoms with Crippen molar-refractivity contribution in [3.05, 3.63) is 0 Å². The van der Waals surface area contributed by atoms with Crippen LogP contribution < -0.4 is 5.73 Å². The Morgan fingerprint density at radius 2 is 2.06 bits per heavy atom. The van der Waals surface area contributed by atoms with E-state index in [9.17, 15) is 9.59 Å². The number of terminal acetylenes is 1. The molecule has 0 atom stereocenters. The number of amides is 1. The van der Waals surface area contributed by atoms with Gasteiger partial charge < -0.3 is 20.5 Å². The largest absolute Gasteiger partial charge is 0.480 e. The lowest BCUT2D eigenvalue weighted by Crippen LogP contribution is -2.58. The van der Waals surface area contributed by atoms with Crippen LogP contribution in [0.2, 0.25) is 0 Å². The molecule has 1 heterocycles. The number of aliphatic carboxylic acids is 1. The van der Waals surface area contributed by atoms with Gasteiger partial charge in [-0.05, 0) is 12.8 Å². The van der Waals surface area contributed by atoms with Gasteiger partial charge in [-0.1, -0.05) is 5.92 Å². The summed E-state index contributed by atoms with van der Waals surface area (Å²) in [6.45, 7) is 0.326. The van der Waals surface area contributed by atoms with E-state index >= 15 is 0 Å². The lowest BCUT2D eigenvalue weighted by molar-refractivity contribution is -0.148. The summed E-state index contributed by atoms with van der Waals surface area (Å²) in [5.41, 5.74) is 4.93. The fourth-order valence-electron chi connectivity index (χ4n) is 1.74. The molecule has 1 fully saturated rings. The van der Waals surface area contributed by atoms with Gasteiger partial charge in [0.05, 0.1) is 12.1 Å². The lowest BCUT2D eigenvalue weighted by atomic mass is 9.89. The first-order valence-corrected chi connectivity index (χ1v) is 5.31. The molecule has 0 aromatic rings. The van der Waals surface area contributed by atoms with Gasteiger partial charge >= 0.3 is 5.97 Å². The van der Waals surface area contributed by atoms with Gasteiger partial charge in [0, 0.05) is 13.2 Å². The monoisotopic (exact) mass is 240 g/mol. The van der Waals surface area contributed by atoms with Crippen molar-refractivity contribution in [1.29, 1.82) is 0 Å². The summed E-state index contributed by atoms with van der Waals surface area (Å²) < 4.78 is 5.13. The van der Waals surface area contributed by atoms with E-state index in [0.717, 1.165) is 4.90 Å². The van der Waals surface area contributed by atoms with Crippen LogP contribution >= 0.6 is 0 Å². The van der Waals surface area contributed by atoms with Crippen LogP contribution in [0.3, 0.4) is 0 Å². The predicted molar refractivity (Wildman–Crippen MR) is 60.0 cm³/mol. The van der Waals surface area contributed by atoms with Gasteiger partial charge in [-0.25, -0.2) is 0 Å². The molecular weight excluding hydrogens is 224 g/mol. The zero-order valence-corrected chi connectivity index (χ0v) is 9.52. The van der Waals surface area contributed by atoms with E-state index in [2.05, 4.69) is 5.92 Å². The van der Waals surface area contributed by atoms with Crippen LogP contribution in [0.5, 0.6) is 0 Å². The van der Waals surface area contributed by atoms with Crippen molar-refractivity contribution < 1.29 is 19.4 Å². The number of hydrogen-bond acceptors (Lipinski definition) is 4. The van der Waals surface area contributed by atoms with E-state index in [4.69, 9.17) is 22.0 Å². The van der Waals surface area contributed by atoms with Crippen LogP contribution in [0, 0.1) is 12.3 Å². The summed E-state index contributed by atoms with van der Waals surface area (Å²) in [4.78, 5) is 23.9. The molecule has 1 aliphatic rings. The highest BCUT2D eigenvalue weighted by molar-refractivity contribution is 5.89. The molecule has 1 rings (SSSR count). The molecule has 0 unspecified atom stereocenters. The van der Waals surface area contributed by atoms with E-state index in [1.165, 1.54) is 0 Å². The smallest absolute Gasteiger partial charge is 0.323 e. The van der Waals surface area contributed by atoms with Crippen LogP contribution in [0.15, 0.2) is 0 Å². The summed E-state index contributed by atoms with van der Waals surface area (Å²) in [6, 6.07) is 0. The van der Waals surface area contributed by atoms with Gasteiger partial charge in [0.1, 0.15) is 6.54 Å². The third-order valence-corrected chi connectivity index (χ3v) is 2.71. The molecule has 17 heavy (non-hydrogen) atoms. The van der Waals surface area contributed by atoms with Gasteiger partial charge in [-0.3, -0.25) is 9.59 Å². The minimum Gasteiger partial charge on any atom is -0.480 e. The molecule has 6 heteroatoms. The summed E-state index contributed by atoms with van der Waals surface area (Å²) in [5, 5.41) is 8.71. The Hall–Kier alpha value is -1.58. The number of carbonyl (C=O) groups is 2. The maximum Gasteiger partial charge on any atom is 0.323 e. The molecule has 1 amide bonds. The van der Waals surface area contributed by atoms with Gasteiger partial charge in [-0.2, -0.15) is 0 Å². The van der Waals surface area contributed by atoms with Gasteiger partial charge in [0.25, 0.3) is 0 Å². The van der Waals surface area contributed by atoms with E-state index in [0.29, 0.717) is 26.1 Å². The van der Waals surface area contributed by atoms with Gasteiger partial charge in [0.15, 0.2) is 0 Å². The Bertz CT molecular complexity index is 342. The van der Waals surface area contributed by atoms with Crippen molar-refractivity contribution in [3.63, 3.8) is 0 Å². The Kier molecular flexibility index (Phi) is 4.49. The number of carboxylic acid groups (broad SMARTS) is 1. The molecule has 0 bridgehead atoms. The molecule has 0 aliphatic carbocycles. The molecule has 0 aromatic heterocycles. The third-order valence-electron chi connectivity index (χ3n) is 2.71. The Labute approximate surface area is 99.7 Å². The van der Waals surface area contributed by atoms with Crippen LogP contribution in [-0.4, -0.2) is 53.7 Å². The van der Waals surface area contributed by atoms with E-state index in [1.807, 2.05) is 0 Å². The quantitative estimate of drug-likeness (QED) is 0.617. The molecule has 6 nitrogen and oxygen atoms in total. The number of carboxylic acids is 1. The number of nitrogens with zero attached hydrogens (tertiary/aromatic N) is 1. The fourth-order valence-corrected chi connectivity index (χ4v) is 1.74. The highest BCUT2D eigenvalue weighted by Crippen LogP contribution is 2.20. The first-order chi connectivity index (χ1) is 7.99. The second-order valence-electron chi connectivity index (χ2n) is 4.03. The SMILES string of the molecule is C#CCN(CC(=O)O)C(=O)C1(N)CCOCC1. The van der Waals surface area contributed by atoms with Crippen molar-refractivity contribution >= 4 is 11.9 Å². The van der Waals surface area contributed by atoms with Gasteiger partial charge in [-0.15, -0.1) is 6.42 Å². The maximum absolute atomic E-state index is 12.1. The van der Waals surface area contributed by atoms with Crippen molar-refractivity contribution in [2.24, 2.45) is 5.73 Å². The van der Waals surface area contributed by atoms with E-state index in [1.54, 1.807) is 0 Å². The van der Waals surface area contributed by atoms with Crippen molar-refractivity contribution in [2.45, 2.75) is 18.4 Å².